The molecule has 0 aromatic heterocycles. The number of hydrogen-bond donors (Lipinski definition) is 0. The maximum Gasteiger partial charge on any atom is 0.656 e. The monoisotopic (exact) mass is 307 g/mol. The Hall–Kier alpha value is -2.56. The molecule has 0 saturated carbocycles. The summed E-state index contributed by atoms with van der Waals surface area (Å²) in [6, 6.07) is 15.4. The van der Waals surface area contributed by atoms with E-state index in [9.17, 15) is 4.79 Å². The molecule has 4 rings (SSSR count). The minimum atomic E-state index is -1.88. The van der Waals surface area contributed by atoms with Crippen LogP contribution < -0.4 is 4.65 Å². The van der Waals surface area contributed by atoms with Crippen LogP contribution in [0.1, 0.15) is 35.7 Å². The highest BCUT2D eigenvalue weighted by Crippen LogP contribution is 2.38. The molecule has 2 aromatic carbocycles. The van der Waals surface area contributed by atoms with Crippen molar-refractivity contribution < 1.29 is 18.6 Å². The minimum absolute atomic E-state index is 0.305. The quantitative estimate of drug-likeness (QED) is 0.811. The summed E-state index contributed by atoms with van der Waals surface area (Å²) in [5.41, 5.74) is 2.43. The number of nitrogens with zero attached hydrogens (tertiary/aromatic N) is 1. The molecule has 0 saturated heterocycles. The average molecular weight is 307 g/mol. The van der Waals surface area contributed by atoms with Crippen LogP contribution in [0.5, 0.6) is 5.75 Å². The lowest BCUT2D eigenvalue weighted by atomic mass is 9.62. The summed E-state index contributed by atoms with van der Waals surface area (Å²) in [6.07, 6.45) is 4.67. The number of carbonyl (C=O) groups excluding carboxylic acids is 1. The van der Waals surface area contributed by atoms with Crippen LogP contribution >= 0.6 is 0 Å². The molecule has 1 atom stereocenters. The Balaban J connectivity index is 1.93. The van der Waals surface area contributed by atoms with Gasteiger partial charge >= 0.3 is 12.7 Å². The molecular weight excluding hydrogens is 289 g/mol. The van der Waals surface area contributed by atoms with E-state index in [0.717, 1.165) is 29.8 Å². The van der Waals surface area contributed by atoms with E-state index < -0.39 is 6.69 Å². The number of rotatable bonds is 3. The fourth-order valence-electron chi connectivity index (χ4n) is 3.40. The third-order valence-corrected chi connectivity index (χ3v) is 4.55. The highest BCUT2D eigenvalue weighted by atomic mass is 16.6. The molecule has 0 amide bonds. The van der Waals surface area contributed by atoms with Crippen LogP contribution in [0.25, 0.3) is 0 Å². The first-order chi connectivity index (χ1) is 11.2. The lowest BCUT2D eigenvalue weighted by Crippen LogP contribution is -2.60. The average Bonchev–Trinajstić information content (AvgIpc) is 2.59. The molecule has 23 heavy (non-hydrogen) atoms. The number of fused-ring (bicyclic) bond motifs is 4. The Bertz CT molecular complexity index is 817. The largest absolute Gasteiger partial charge is 0.656 e. The number of benzene rings is 2. The van der Waals surface area contributed by atoms with E-state index >= 15 is 0 Å². The second-order valence-electron chi connectivity index (χ2n) is 6.08. The lowest BCUT2D eigenvalue weighted by molar-refractivity contribution is -0.340. The van der Waals surface area contributed by atoms with Gasteiger partial charge in [-0.25, -0.2) is 0 Å². The summed E-state index contributed by atoms with van der Waals surface area (Å²) in [7, 11) is 0. The molecule has 0 aliphatic carbocycles. The molecule has 0 bridgehead atoms. The molecular formula is C18H18BNO3. The number of hydrogen-bond acceptors (Lipinski definition) is 3. The second kappa shape index (κ2) is 5.27. The molecule has 4 nitrogen and oxygen atoms in total. The van der Waals surface area contributed by atoms with Gasteiger partial charge < -0.3 is 13.8 Å². The summed E-state index contributed by atoms with van der Waals surface area (Å²) >= 11 is 0. The first-order valence-corrected chi connectivity index (χ1v) is 8.13. The first-order valence-electron chi connectivity index (χ1n) is 8.13. The smallest absolute Gasteiger partial charge is 0.622 e. The van der Waals surface area contributed by atoms with Gasteiger partial charge in [-0.15, -0.1) is 0 Å². The summed E-state index contributed by atoms with van der Waals surface area (Å²) in [4.78, 5) is 12.5. The Morgan fingerprint density at radius 2 is 1.83 bits per heavy atom. The summed E-state index contributed by atoms with van der Waals surface area (Å²) < 4.78 is 14.1. The zero-order chi connectivity index (χ0) is 15.9. The Kier molecular flexibility index (Phi) is 3.22. The first kappa shape index (κ1) is 14.1. The van der Waals surface area contributed by atoms with Gasteiger partial charge in [-0.3, -0.25) is 4.79 Å². The number of unbranched alkanes of at least 4 members (excludes halogenated alkanes) is 1. The zero-order valence-electron chi connectivity index (χ0n) is 13.1. The van der Waals surface area contributed by atoms with E-state index in [0.29, 0.717) is 11.9 Å². The fourth-order valence-corrected chi connectivity index (χ4v) is 3.40. The third kappa shape index (κ3) is 2.15. The van der Waals surface area contributed by atoms with Gasteiger partial charge in [-0.1, -0.05) is 44.0 Å². The van der Waals surface area contributed by atoms with E-state index in [-0.39, 0.29) is 5.97 Å². The molecule has 2 heterocycles. The van der Waals surface area contributed by atoms with Crippen LogP contribution in [0.15, 0.2) is 48.5 Å². The Morgan fingerprint density at radius 1 is 1.04 bits per heavy atom. The normalized spacial score (nSPS) is 21.3. The number of para-hydroxylation sites is 2. The maximum absolute atomic E-state index is 12.5. The molecule has 0 spiro atoms. The van der Waals surface area contributed by atoms with Crippen LogP contribution in [0.2, 0.25) is 6.32 Å². The van der Waals surface area contributed by atoms with Crippen LogP contribution in [0.4, 0.5) is 5.69 Å². The standard InChI is InChI=1S/C18H18BNO3/c1-2-3-12-19-20(13-14-8-4-7-11-17(14)22-19)16-10-6-5-9-15(16)18(21)23-19/h4-11,13H,2-3,12H2,1H3. The van der Waals surface area contributed by atoms with E-state index in [1.165, 1.54) is 0 Å². The van der Waals surface area contributed by atoms with Crippen molar-refractivity contribution in [3.05, 3.63) is 59.7 Å². The van der Waals surface area contributed by atoms with Gasteiger partial charge in [0.25, 0.3) is 0 Å². The summed E-state index contributed by atoms with van der Waals surface area (Å²) in [6.45, 7) is 0.237. The van der Waals surface area contributed by atoms with Crippen molar-refractivity contribution in [2.24, 2.45) is 0 Å². The van der Waals surface area contributed by atoms with Gasteiger partial charge in [-0.2, -0.15) is 0 Å². The van der Waals surface area contributed by atoms with E-state index in [2.05, 4.69) is 6.92 Å². The van der Waals surface area contributed by atoms with E-state index in [1.807, 2.05) is 53.2 Å². The molecule has 1 unspecified atom stereocenters. The number of carbonyl (C=O) groups is 1. The Labute approximate surface area is 135 Å². The topological polar surface area (TPSA) is 38.5 Å². The van der Waals surface area contributed by atoms with E-state index in [1.54, 1.807) is 6.07 Å². The van der Waals surface area contributed by atoms with Crippen LogP contribution in [-0.4, -0.2) is 23.4 Å². The van der Waals surface area contributed by atoms with Gasteiger partial charge in [0.2, 0.25) is 0 Å². The highest BCUT2D eigenvalue weighted by molar-refractivity contribution is 6.64. The third-order valence-electron chi connectivity index (χ3n) is 4.55. The van der Waals surface area contributed by atoms with Crippen molar-refractivity contribution in [1.82, 2.24) is 0 Å². The van der Waals surface area contributed by atoms with Crippen LogP contribution in [0, 0.1) is 0 Å². The molecule has 2 aliphatic rings. The molecule has 2 aliphatic heterocycles. The van der Waals surface area contributed by atoms with Gasteiger partial charge in [0.1, 0.15) is 11.8 Å². The van der Waals surface area contributed by atoms with Gasteiger partial charge in [-0.05, 0) is 24.5 Å². The van der Waals surface area contributed by atoms with Crippen molar-refractivity contribution in [1.29, 1.82) is 0 Å². The van der Waals surface area contributed by atoms with Crippen molar-refractivity contribution in [3.8, 4) is 5.75 Å². The summed E-state index contributed by atoms with van der Waals surface area (Å²) in [5.74, 6) is 0.466. The van der Waals surface area contributed by atoms with Crippen molar-refractivity contribution in [2.75, 3.05) is 0 Å². The SMILES string of the molecule is CCCC[B-]12OC(=O)c3ccccc3[N+]1=Cc1ccccc1O2. The minimum Gasteiger partial charge on any atom is -0.622 e. The van der Waals surface area contributed by atoms with Crippen LogP contribution in [0.3, 0.4) is 0 Å². The summed E-state index contributed by atoms with van der Waals surface area (Å²) in [5, 5.41) is 0. The fraction of sp³-hybridized carbons (Fsp3) is 0.222. The molecule has 0 fully saturated rings. The molecule has 0 radical (unpaired) electrons. The zero-order valence-corrected chi connectivity index (χ0v) is 13.1. The van der Waals surface area contributed by atoms with Crippen molar-refractivity contribution in [3.63, 3.8) is 0 Å². The van der Waals surface area contributed by atoms with Crippen LogP contribution in [-0.2, 0) is 4.65 Å². The highest BCUT2D eigenvalue weighted by Gasteiger charge is 2.54. The Morgan fingerprint density at radius 3 is 2.70 bits per heavy atom. The molecule has 2 aromatic rings. The maximum atomic E-state index is 12.5. The predicted molar refractivity (Wildman–Crippen MR) is 89.5 cm³/mol. The van der Waals surface area contributed by atoms with Gasteiger partial charge in [0.05, 0.1) is 11.3 Å². The van der Waals surface area contributed by atoms with Gasteiger partial charge in [0.15, 0.2) is 5.69 Å². The molecule has 116 valence electrons. The molecule has 0 N–H and O–H groups in total. The van der Waals surface area contributed by atoms with Crippen molar-refractivity contribution >= 4 is 24.6 Å². The van der Waals surface area contributed by atoms with E-state index in [4.69, 9.17) is 9.31 Å². The van der Waals surface area contributed by atoms with Crippen molar-refractivity contribution in [2.45, 2.75) is 26.1 Å². The second-order valence-corrected chi connectivity index (χ2v) is 6.08. The predicted octanol–water partition coefficient (Wildman–Crippen LogP) is 3.75. The lowest BCUT2D eigenvalue weighted by Gasteiger charge is -2.42. The van der Waals surface area contributed by atoms with Gasteiger partial charge in [0, 0.05) is 6.07 Å². The molecule has 5 heteroatoms.